The summed E-state index contributed by atoms with van der Waals surface area (Å²) in [5, 5.41) is 3.31. The van der Waals surface area contributed by atoms with E-state index in [0.29, 0.717) is 17.3 Å². The van der Waals surface area contributed by atoms with Gasteiger partial charge in [0.2, 0.25) is 0 Å². The summed E-state index contributed by atoms with van der Waals surface area (Å²) in [6.07, 6.45) is 0. The highest BCUT2D eigenvalue weighted by Crippen LogP contribution is 2.09. The van der Waals surface area contributed by atoms with Crippen molar-refractivity contribution in [1.29, 1.82) is 0 Å². The molecule has 1 heterocycles. The first-order valence-corrected chi connectivity index (χ1v) is 6.06. The standard InChI is InChI=1S/C13H13ClN2O3/c1-8-11(13(18)19-16(8)2)12(17)15-7-9-3-5-10(14)6-4-9/h3-6H,7H2,1-2H3,(H,15,17). The van der Waals surface area contributed by atoms with Crippen LogP contribution in [0.3, 0.4) is 0 Å². The molecule has 0 radical (unpaired) electrons. The normalized spacial score (nSPS) is 10.5. The van der Waals surface area contributed by atoms with Crippen molar-refractivity contribution in [2.45, 2.75) is 13.5 Å². The van der Waals surface area contributed by atoms with Gasteiger partial charge in [0.05, 0.1) is 5.69 Å². The van der Waals surface area contributed by atoms with Gasteiger partial charge in [-0.25, -0.2) is 9.53 Å². The van der Waals surface area contributed by atoms with E-state index in [1.165, 1.54) is 4.74 Å². The fraction of sp³-hybridized carbons (Fsp3) is 0.231. The lowest BCUT2D eigenvalue weighted by atomic mass is 10.2. The van der Waals surface area contributed by atoms with Crippen molar-refractivity contribution in [2.24, 2.45) is 7.05 Å². The molecule has 1 aromatic heterocycles. The maximum absolute atomic E-state index is 11.9. The van der Waals surface area contributed by atoms with E-state index in [2.05, 4.69) is 5.32 Å². The predicted octanol–water partition coefficient (Wildman–Crippen LogP) is 1.87. The third kappa shape index (κ3) is 2.88. The first-order valence-electron chi connectivity index (χ1n) is 5.68. The number of hydrogen-bond acceptors (Lipinski definition) is 3. The van der Waals surface area contributed by atoms with Crippen LogP contribution in [-0.2, 0) is 13.6 Å². The zero-order chi connectivity index (χ0) is 14.0. The SMILES string of the molecule is Cc1c(C(=O)NCc2ccc(Cl)cc2)c(=O)on1C. The van der Waals surface area contributed by atoms with Crippen LogP contribution in [0.5, 0.6) is 0 Å². The molecule has 1 amide bonds. The van der Waals surface area contributed by atoms with E-state index in [4.69, 9.17) is 16.1 Å². The van der Waals surface area contributed by atoms with Crippen LogP contribution in [-0.4, -0.2) is 10.6 Å². The lowest BCUT2D eigenvalue weighted by molar-refractivity contribution is 0.0948. The van der Waals surface area contributed by atoms with E-state index >= 15 is 0 Å². The summed E-state index contributed by atoms with van der Waals surface area (Å²) in [6, 6.07) is 7.10. The van der Waals surface area contributed by atoms with Gasteiger partial charge >= 0.3 is 5.63 Å². The van der Waals surface area contributed by atoms with Crippen LogP contribution >= 0.6 is 11.6 Å². The van der Waals surface area contributed by atoms with Crippen LogP contribution in [0.25, 0.3) is 0 Å². The summed E-state index contributed by atoms with van der Waals surface area (Å²) in [6.45, 7) is 1.98. The molecule has 0 unspecified atom stereocenters. The van der Waals surface area contributed by atoms with Gasteiger partial charge in [0.15, 0.2) is 0 Å². The Morgan fingerprint density at radius 2 is 2.00 bits per heavy atom. The van der Waals surface area contributed by atoms with Gasteiger partial charge < -0.3 is 9.84 Å². The summed E-state index contributed by atoms with van der Waals surface area (Å²) >= 11 is 5.77. The largest absolute Gasteiger partial charge is 0.370 e. The van der Waals surface area contributed by atoms with Crippen molar-refractivity contribution in [3.8, 4) is 0 Å². The minimum Gasteiger partial charge on any atom is -0.348 e. The van der Waals surface area contributed by atoms with Gasteiger partial charge in [0.25, 0.3) is 5.91 Å². The van der Waals surface area contributed by atoms with Gasteiger partial charge in [-0.3, -0.25) is 4.79 Å². The molecule has 1 aromatic carbocycles. The van der Waals surface area contributed by atoms with Crippen molar-refractivity contribution in [2.75, 3.05) is 0 Å². The summed E-state index contributed by atoms with van der Waals surface area (Å²) < 4.78 is 6.09. The van der Waals surface area contributed by atoms with Crippen molar-refractivity contribution >= 4 is 17.5 Å². The number of halogens is 1. The van der Waals surface area contributed by atoms with Gasteiger partial charge in [0, 0.05) is 18.6 Å². The molecule has 2 rings (SSSR count). The smallest absolute Gasteiger partial charge is 0.348 e. The van der Waals surface area contributed by atoms with E-state index < -0.39 is 11.5 Å². The quantitative estimate of drug-likeness (QED) is 0.933. The monoisotopic (exact) mass is 280 g/mol. The van der Waals surface area contributed by atoms with E-state index in [1.807, 2.05) is 12.1 Å². The van der Waals surface area contributed by atoms with Crippen molar-refractivity contribution in [3.05, 3.63) is 56.5 Å². The molecule has 5 nitrogen and oxygen atoms in total. The number of aryl methyl sites for hydroxylation is 1. The summed E-state index contributed by atoms with van der Waals surface area (Å²) in [7, 11) is 1.58. The van der Waals surface area contributed by atoms with Crippen molar-refractivity contribution < 1.29 is 9.32 Å². The highest BCUT2D eigenvalue weighted by atomic mass is 35.5. The van der Waals surface area contributed by atoms with Gasteiger partial charge in [-0.2, -0.15) is 0 Å². The number of carbonyl (C=O) groups excluding carboxylic acids is 1. The molecule has 6 heteroatoms. The van der Waals surface area contributed by atoms with Crippen LogP contribution in [0, 0.1) is 6.92 Å². The maximum atomic E-state index is 11.9. The highest BCUT2D eigenvalue weighted by Gasteiger charge is 2.18. The first-order chi connectivity index (χ1) is 8.99. The highest BCUT2D eigenvalue weighted by molar-refractivity contribution is 6.30. The molecule has 0 aliphatic carbocycles. The molecule has 0 spiro atoms. The molecule has 100 valence electrons. The number of aromatic nitrogens is 1. The van der Waals surface area contributed by atoms with Crippen molar-refractivity contribution in [1.82, 2.24) is 10.1 Å². The lowest BCUT2D eigenvalue weighted by Crippen LogP contribution is -2.27. The molecule has 2 aromatic rings. The number of benzene rings is 1. The second-order valence-electron chi connectivity index (χ2n) is 4.15. The van der Waals surface area contributed by atoms with Crippen LogP contribution in [0.4, 0.5) is 0 Å². The fourth-order valence-electron chi connectivity index (χ4n) is 1.67. The minimum atomic E-state index is -0.631. The molecule has 0 aliphatic heterocycles. The van der Waals surface area contributed by atoms with Crippen LogP contribution in [0.1, 0.15) is 21.6 Å². The zero-order valence-electron chi connectivity index (χ0n) is 10.6. The molecule has 19 heavy (non-hydrogen) atoms. The van der Waals surface area contributed by atoms with Gasteiger partial charge in [-0.15, -0.1) is 0 Å². The minimum absolute atomic E-state index is 0.0384. The molecule has 0 saturated carbocycles. The Morgan fingerprint density at radius 1 is 1.37 bits per heavy atom. The van der Waals surface area contributed by atoms with Crippen LogP contribution < -0.4 is 10.9 Å². The number of nitrogens with zero attached hydrogens (tertiary/aromatic N) is 1. The average molecular weight is 281 g/mol. The molecule has 0 fully saturated rings. The summed E-state index contributed by atoms with van der Waals surface area (Å²) in [4.78, 5) is 23.4. The number of hydrogen-bond donors (Lipinski definition) is 1. The zero-order valence-corrected chi connectivity index (χ0v) is 11.3. The third-order valence-electron chi connectivity index (χ3n) is 2.85. The Balaban J connectivity index is 2.09. The average Bonchev–Trinajstić information content (AvgIpc) is 2.62. The Hall–Kier alpha value is -2.01. The maximum Gasteiger partial charge on any atom is 0.370 e. The molecular formula is C13H13ClN2O3. The predicted molar refractivity (Wildman–Crippen MR) is 71.3 cm³/mol. The Morgan fingerprint density at radius 3 is 2.53 bits per heavy atom. The lowest BCUT2D eigenvalue weighted by Gasteiger charge is -2.04. The van der Waals surface area contributed by atoms with Gasteiger partial charge in [-0.05, 0) is 24.6 Å². The van der Waals surface area contributed by atoms with Crippen molar-refractivity contribution in [3.63, 3.8) is 0 Å². The number of carbonyl (C=O) groups is 1. The number of rotatable bonds is 3. The second kappa shape index (κ2) is 5.32. The second-order valence-corrected chi connectivity index (χ2v) is 4.58. The Kier molecular flexibility index (Phi) is 3.76. The summed E-state index contributed by atoms with van der Waals surface area (Å²) in [5.74, 6) is -0.443. The van der Waals surface area contributed by atoms with Gasteiger partial charge in [0.1, 0.15) is 5.56 Å². The number of nitrogens with one attached hydrogen (secondary N) is 1. The first kappa shape index (κ1) is 13.4. The molecule has 0 atom stereocenters. The molecular weight excluding hydrogens is 268 g/mol. The van der Waals surface area contributed by atoms with E-state index in [1.54, 1.807) is 26.1 Å². The molecule has 0 bridgehead atoms. The fourth-order valence-corrected chi connectivity index (χ4v) is 1.80. The van der Waals surface area contributed by atoms with E-state index in [-0.39, 0.29) is 5.56 Å². The Bertz CT molecular complexity index is 656. The van der Waals surface area contributed by atoms with Crippen LogP contribution in [0.15, 0.2) is 33.6 Å². The van der Waals surface area contributed by atoms with E-state index in [9.17, 15) is 9.59 Å². The molecule has 0 saturated heterocycles. The molecule has 1 N–H and O–H groups in total. The third-order valence-corrected chi connectivity index (χ3v) is 3.10. The van der Waals surface area contributed by atoms with E-state index in [0.717, 1.165) is 5.56 Å². The number of amides is 1. The summed E-state index contributed by atoms with van der Waals surface area (Å²) in [5.41, 5.74) is 0.805. The topological polar surface area (TPSA) is 64.2 Å². The Labute approximate surface area is 114 Å². The van der Waals surface area contributed by atoms with Gasteiger partial charge in [-0.1, -0.05) is 23.7 Å². The van der Waals surface area contributed by atoms with Crippen LogP contribution in [0.2, 0.25) is 5.02 Å². The molecule has 0 aliphatic rings.